The predicted octanol–water partition coefficient (Wildman–Crippen LogP) is 2.54. The van der Waals surface area contributed by atoms with E-state index in [9.17, 15) is 0 Å². The van der Waals surface area contributed by atoms with Crippen molar-refractivity contribution in [3.8, 4) is 11.5 Å². The topological polar surface area (TPSA) is 48.3 Å². The third kappa shape index (κ3) is 3.03. The fourth-order valence-electron chi connectivity index (χ4n) is 2.57. The molecule has 2 aromatic rings. The maximum Gasteiger partial charge on any atom is 0.161 e. The van der Waals surface area contributed by atoms with Crippen LogP contribution < -0.4 is 14.8 Å². The number of aryl methyl sites for hydroxylation is 2. The van der Waals surface area contributed by atoms with Crippen LogP contribution in [0.4, 0.5) is 0 Å². The van der Waals surface area contributed by atoms with Gasteiger partial charge in [-0.25, -0.2) is 0 Å². The number of rotatable bonds is 6. The monoisotopic (exact) mass is 289 g/mol. The van der Waals surface area contributed by atoms with E-state index < -0.39 is 0 Å². The summed E-state index contributed by atoms with van der Waals surface area (Å²) < 4.78 is 12.7. The predicted molar refractivity (Wildman–Crippen MR) is 83.1 cm³/mol. The van der Waals surface area contributed by atoms with Gasteiger partial charge in [0.05, 0.1) is 31.6 Å². The molecule has 1 N–H and O–H groups in total. The van der Waals surface area contributed by atoms with Crippen LogP contribution in [0.25, 0.3) is 0 Å². The number of nitrogens with zero attached hydrogens (tertiary/aromatic N) is 2. The van der Waals surface area contributed by atoms with Gasteiger partial charge in [0.2, 0.25) is 0 Å². The molecule has 1 atom stereocenters. The molecule has 0 amide bonds. The maximum absolute atomic E-state index is 5.39. The van der Waals surface area contributed by atoms with E-state index in [0.717, 1.165) is 35.0 Å². The molecule has 0 aliphatic heterocycles. The second-order valence-corrected chi connectivity index (χ2v) is 4.86. The Bertz CT molecular complexity index is 608. The Balaban J connectivity index is 2.45. The Morgan fingerprint density at radius 3 is 2.48 bits per heavy atom. The quantitative estimate of drug-likeness (QED) is 0.888. The Morgan fingerprint density at radius 2 is 1.90 bits per heavy atom. The number of ether oxygens (including phenoxy) is 2. The molecule has 5 nitrogen and oxygen atoms in total. The first-order valence-electron chi connectivity index (χ1n) is 7.08. The van der Waals surface area contributed by atoms with E-state index >= 15 is 0 Å². The molecule has 1 unspecified atom stereocenters. The van der Waals surface area contributed by atoms with Gasteiger partial charge >= 0.3 is 0 Å². The molecule has 0 spiro atoms. The van der Waals surface area contributed by atoms with Crippen LogP contribution in [0, 0.1) is 6.92 Å². The smallest absolute Gasteiger partial charge is 0.161 e. The van der Waals surface area contributed by atoms with Crippen molar-refractivity contribution >= 4 is 0 Å². The Labute approximate surface area is 125 Å². The molecule has 0 radical (unpaired) electrons. The molecule has 1 aromatic carbocycles. The van der Waals surface area contributed by atoms with Crippen molar-refractivity contribution in [3.05, 3.63) is 41.2 Å². The van der Waals surface area contributed by atoms with Crippen molar-refractivity contribution in [1.82, 2.24) is 15.1 Å². The van der Waals surface area contributed by atoms with Gasteiger partial charge < -0.3 is 14.8 Å². The third-order valence-electron chi connectivity index (χ3n) is 3.56. The van der Waals surface area contributed by atoms with E-state index in [0.29, 0.717) is 0 Å². The Hall–Kier alpha value is -2.01. The number of methoxy groups -OCH3 is 2. The van der Waals surface area contributed by atoms with Gasteiger partial charge in [-0.3, -0.25) is 4.68 Å². The Kier molecular flexibility index (Phi) is 4.85. The average molecular weight is 289 g/mol. The second kappa shape index (κ2) is 6.63. The van der Waals surface area contributed by atoms with E-state index in [1.54, 1.807) is 14.2 Å². The minimum absolute atomic E-state index is 0.0611. The maximum atomic E-state index is 5.39. The van der Waals surface area contributed by atoms with Crippen LogP contribution in [0.1, 0.15) is 29.9 Å². The van der Waals surface area contributed by atoms with Crippen LogP contribution in [0.5, 0.6) is 11.5 Å². The van der Waals surface area contributed by atoms with Crippen molar-refractivity contribution in [2.24, 2.45) is 0 Å². The van der Waals surface area contributed by atoms with Crippen LogP contribution in [0.15, 0.2) is 24.3 Å². The summed E-state index contributed by atoms with van der Waals surface area (Å²) in [4.78, 5) is 0. The zero-order valence-corrected chi connectivity index (χ0v) is 13.3. The minimum atomic E-state index is 0.0611. The summed E-state index contributed by atoms with van der Waals surface area (Å²) in [5, 5.41) is 7.87. The van der Waals surface area contributed by atoms with E-state index in [4.69, 9.17) is 9.47 Å². The molecule has 0 bridgehead atoms. The zero-order chi connectivity index (χ0) is 15.4. The van der Waals surface area contributed by atoms with Gasteiger partial charge in [-0.05, 0) is 44.7 Å². The normalized spacial score (nSPS) is 12.2. The van der Waals surface area contributed by atoms with Gasteiger partial charge in [-0.2, -0.15) is 5.10 Å². The standard InChI is InChI=1S/C16H23N3O2/c1-6-19-13(9-11(2)18-19)16(17-3)12-7-8-14(20-4)15(10-12)21-5/h7-10,16-17H,6H2,1-5H3. The molecule has 0 aliphatic rings. The number of nitrogens with one attached hydrogen (secondary N) is 1. The van der Waals surface area contributed by atoms with Crippen molar-refractivity contribution < 1.29 is 9.47 Å². The number of hydrogen-bond acceptors (Lipinski definition) is 4. The fraction of sp³-hybridized carbons (Fsp3) is 0.438. The van der Waals surface area contributed by atoms with Crippen LogP contribution in [-0.4, -0.2) is 31.0 Å². The summed E-state index contributed by atoms with van der Waals surface area (Å²) >= 11 is 0. The lowest BCUT2D eigenvalue weighted by molar-refractivity contribution is 0.354. The third-order valence-corrected chi connectivity index (χ3v) is 3.56. The first-order chi connectivity index (χ1) is 10.1. The van der Waals surface area contributed by atoms with Crippen LogP contribution in [0.3, 0.4) is 0 Å². The Morgan fingerprint density at radius 1 is 1.19 bits per heavy atom. The van der Waals surface area contributed by atoms with Gasteiger partial charge in [0.1, 0.15) is 0 Å². The highest BCUT2D eigenvalue weighted by atomic mass is 16.5. The molecule has 1 heterocycles. The number of hydrogen-bond donors (Lipinski definition) is 1. The van der Waals surface area contributed by atoms with Crippen LogP contribution in [0.2, 0.25) is 0 Å². The highest BCUT2D eigenvalue weighted by molar-refractivity contribution is 5.45. The number of aromatic nitrogens is 2. The molecule has 21 heavy (non-hydrogen) atoms. The van der Waals surface area contributed by atoms with Crippen molar-refractivity contribution in [1.29, 1.82) is 0 Å². The highest BCUT2D eigenvalue weighted by Crippen LogP contribution is 2.32. The van der Waals surface area contributed by atoms with Crippen molar-refractivity contribution in [2.75, 3.05) is 21.3 Å². The largest absolute Gasteiger partial charge is 0.493 e. The summed E-state index contributed by atoms with van der Waals surface area (Å²) in [5.41, 5.74) is 3.28. The summed E-state index contributed by atoms with van der Waals surface area (Å²) in [6, 6.07) is 8.15. The molecular formula is C16H23N3O2. The first kappa shape index (κ1) is 15.4. The fourth-order valence-corrected chi connectivity index (χ4v) is 2.57. The van der Waals surface area contributed by atoms with Gasteiger partial charge in [0.25, 0.3) is 0 Å². The molecule has 0 saturated heterocycles. The van der Waals surface area contributed by atoms with Crippen molar-refractivity contribution in [2.45, 2.75) is 26.4 Å². The number of benzene rings is 1. The van der Waals surface area contributed by atoms with E-state index in [1.807, 2.05) is 36.9 Å². The molecule has 1 aromatic heterocycles. The molecule has 0 saturated carbocycles. The summed E-state index contributed by atoms with van der Waals surface area (Å²) in [6.45, 7) is 4.95. The first-order valence-corrected chi connectivity index (χ1v) is 7.08. The SMILES string of the molecule is CCn1nc(C)cc1C(NC)c1ccc(OC)c(OC)c1. The lowest BCUT2D eigenvalue weighted by Gasteiger charge is -2.19. The van der Waals surface area contributed by atoms with Gasteiger partial charge in [-0.15, -0.1) is 0 Å². The van der Waals surface area contributed by atoms with E-state index in [1.165, 1.54) is 0 Å². The lowest BCUT2D eigenvalue weighted by atomic mass is 10.0. The molecule has 5 heteroatoms. The summed E-state index contributed by atoms with van der Waals surface area (Å²) in [6.07, 6.45) is 0. The molecule has 2 rings (SSSR count). The zero-order valence-electron chi connectivity index (χ0n) is 13.3. The van der Waals surface area contributed by atoms with Crippen LogP contribution in [-0.2, 0) is 6.54 Å². The van der Waals surface area contributed by atoms with Gasteiger partial charge in [0, 0.05) is 6.54 Å². The highest BCUT2D eigenvalue weighted by Gasteiger charge is 2.19. The van der Waals surface area contributed by atoms with E-state index in [2.05, 4.69) is 23.4 Å². The lowest BCUT2D eigenvalue weighted by Crippen LogP contribution is -2.21. The molecule has 114 valence electrons. The molecule has 0 aliphatic carbocycles. The molecule has 0 fully saturated rings. The average Bonchev–Trinajstić information content (AvgIpc) is 2.88. The van der Waals surface area contributed by atoms with E-state index in [-0.39, 0.29) is 6.04 Å². The van der Waals surface area contributed by atoms with Crippen molar-refractivity contribution in [3.63, 3.8) is 0 Å². The second-order valence-electron chi connectivity index (χ2n) is 4.86. The summed E-state index contributed by atoms with van der Waals surface area (Å²) in [7, 11) is 5.24. The van der Waals surface area contributed by atoms with Crippen LogP contribution >= 0.6 is 0 Å². The minimum Gasteiger partial charge on any atom is -0.493 e. The van der Waals surface area contributed by atoms with Gasteiger partial charge in [-0.1, -0.05) is 6.07 Å². The summed E-state index contributed by atoms with van der Waals surface area (Å²) in [5.74, 6) is 1.46. The molecular weight excluding hydrogens is 266 g/mol. The van der Waals surface area contributed by atoms with Gasteiger partial charge in [0.15, 0.2) is 11.5 Å².